The van der Waals surface area contributed by atoms with Gasteiger partial charge in [0.25, 0.3) is 0 Å². The minimum absolute atomic E-state index is 0.0217. The fourth-order valence-electron chi connectivity index (χ4n) is 4.19. The zero-order chi connectivity index (χ0) is 22.8. The highest BCUT2D eigenvalue weighted by Gasteiger charge is 2.34. The van der Waals surface area contributed by atoms with Crippen LogP contribution in [-0.4, -0.2) is 69.7 Å². The number of hydrogen-bond donors (Lipinski definition) is 1. The molecule has 11 heteroatoms. The van der Waals surface area contributed by atoms with Gasteiger partial charge < -0.3 is 14.8 Å². The Morgan fingerprint density at radius 1 is 1.38 bits per heavy atom. The van der Waals surface area contributed by atoms with Crippen molar-refractivity contribution in [1.29, 1.82) is 0 Å². The molecule has 1 fully saturated rings. The highest BCUT2D eigenvalue weighted by molar-refractivity contribution is 7.99. The smallest absolute Gasteiger partial charge is 0.422 e. The van der Waals surface area contributed by atoms with Gasteiger partial charge in [-0.15, -0.1) is 11.8 Å². The number of halogens is 2. The van der Waals surface area contributed by atoms with E-state index in [1.54, 1.807) is 17.4 Å². The van der Waals surface area contributed by atoms with Gasteiger partial charge in [-0.1, -0.05) is 17.7 Å². The molecule has 2 aromatic rings. The van der Waals surface area contributed by atoms with Gasteiger partial charge in [0.15, 0.2) is 0 Å². The normalized spacial score (nSPS) is 19.5. The van der Waals surface area contributed by atoms with Crippen molar-refractivity contribution in [3.05, 3.63) is 52.2 Å². The Morgan fingerprint density at radius 2 is 2.12 bits per heavy atom. The summed E-state index contributed by atoms with van der Waals surface area (Å²) in [4.78, 5) is 34.9. The second-order valence-corrected chi connectivity index (χ2v) is 9.47. The first kappa shape index (κ1) is 22.8. The maximum atomic E-state index is 13.8. The van der Waals surface area contributed by atoms with Crippen molar-refractivity contribution in [2.45, 2.75) is 30.4 Å². The first-order valence-electron chi connectivity index (χ1n) is 10.3. The van der Waals surface area contributed by atoms with Crippen molar-refractivity contribution in [2.24, 2.45) is 0 Å². The molecule has 3 heterocycles. The maximum absolute atomic E-state index is 13.8. The number of carbonyl (C=O) groups is 2. The molecule has 1 saturated heterocycles. The lowest BCUT2D eigenvalue weighted by Crippen LogP contribution is -2.59. The molecule has 2 aliphatic rings. The van der Waals surface area contributed by atoms with Crippen molar-refractivity contribution in [3.8, 4) is 0 Å². The van der Waals surface area contributed by atoms with Crippen LogP contribution in [0, 0.1) is 5.82 Å². The molecule has 0 aliphatic carbocycles. The monoisotopic (exact) mass is 479 g/mol. The lowest BCUT2D eigenvalue weighted by Gasteiger charge is -2.42. The molecule has 1 amide bonds. The van der Waals surface area contributed by atoms with E-state index in [1.807, 2.05) is 11.8 Å². The number of nitrogens with zero attached hydrogens (tertiary/aromatic N) is 5. The van der Waals surface area contributed by atoms with Crippen LogP contribution < -0.4 is 4.90 Å². The van der Waals surface area contributed by atoms with Gasteiger partial charge in [0.1, 0.15) is 30.3 Å². The third-order valence-electron chi connectivity index (χ3n) is 5.78. The molecule has 0 bridgehead atoms. The van der Waals surface area contributed by atoms with E-state index >= 15 is 0 Å². The Bertz CT molecular complexity index is 1020. The Kier molecular flexibility index (Phi) is 6.82. The number of hydrazine groups is 1. The van der Waals surface area contributed by atoms with Gasteiger partial charge in [0, 0.05) is 49.2 Å². The average molecular weight is 480 g/mol. The van der Waals surface area contributed by atoms with Crippen LogP contribution >= 0.6 is 23.4 Å². The third-order valence-corrected chi connectivity index (χ3v) is 7.26. The molecular formula is C21H23ClFN5O3S. The number of thioether (sulfide) groups is 1. The quantitative estimate of drug-likeness (QED) is 0.630. The number of piperazine rings is 1. The number of fused-ring (bicyclic) bond motifs is 1. The van der Waals surface area contributed by atoms with E-state index in [1.165, 1.54) is 12.1 Å². The molecule has 4 rings (SSSR count). The van der Waals surface area contributed by atoms with Crippen molar-refractivity contribution in [3.63, 3.8) is 0 Å². The SMILES string of the molecule is C[C@H]1SCc2ncnc(N3CCN(N(C(=O)O)[C@@H](C=O)Cc4ccc(Cl)c(F)c4)CC3)c21. The molecule has 0 spiro atoms. The number of aldehydes is 1. The number of amides is 1. The van der Waals surface area contributed by atoms with Crippen molar-refractivity contribution in [1.82, 2.24) is 20.0 Å². The topological polar surface area (TPSA) is 89.9 Å². The molecule has 1 N–H and O–H groups in total. The summed E-state index contributed by atoms with van der Waals surface area (Å²) in [6.45, 7) is 4.08. The van der Waals surface area contributed by atoms with Gasteiger partial charge in [0.05, 0.1) is 10.7 Å². The van der Waals surface area contributed by atoms with Gasteiger partial charge in [-0.05, 0) is 24.6 Å². The number of benzene rings is 1. The van der Waals surface area contributed by atoms with Crippen LogP contribution in [0.2, 0.25) is 5.02 Å². The molecule has 0 saturated carbocycles. The van der Waals surface area contributed by atoms with Gasteiger partial charge in [0.2, 0.25) is 0 Å². The van der Waals surface area contributed by atoms with Crippen molar-refractivity contribution < 1.29 is 19.1 Å². The Balaban J connectivity index is 1.48. The molecule has 8 nitrogen and oxygen atoms in total. The highest BCUT2D eigenvalue weighted by atomic mass is 35.5. The fraction of sp³-hybridized carbons (Fsp3) is 0.429. The highest BCUT2D eigenvalue weighted by Crippen LogP contribution is 2.44. The predicted octanol–water partition coefficient (Wildman–Crippen LogP) is 3.40. The molecule has 1 aromatic heterocycles. The summed E-state index contributed by atoms with van der Waals surface area (Å²) in [5.41, 5.74) is 2.70. The van der Waals surface area contributed by atoms with Crippen molar-refractivity contribution in [2.75, 3.05) is 31.1 Å². The zero-order valence-corrected chi connectivity index (χ0v) is 19.0. The number of hydrogen-bond acceptors (Lipinski definition) is 7. The molecule has 170 valence electrons. The number of carboxylic acid groups (broad SMARTS) is 1. The first-order chi connectivity index (χ1) is 15.4. The number of anilines is 1. The second-order valence-electron chi connectivity index (χ2n) is 7.73. The number of aromatic nitrogens is 2. The summed E-state index contributed by atoms with van der Waals surface area (Å²) in [5, 5.41) is 12.8. The summed E-state index contributed by atoms with van der Waals surface area (Å²) in [6, 6.07) is 3.25. The van der Waals surface area contributed by atoms with E-state index in [0.717, 1.165) is 27.8 Å². The van der Waals surface area contributed by atoms with Gasteiger partial charge in [-0.2, -0.15) is 0 Å². The van der Waals surface area contributed by atoms with Crippen LogP contribution in [0.4, 0.5) is 15.0 Å². The number of rotatable bonds is 6. The van der Waals surface area contributed by atoms with Crippen LogP contribution in [0.25, 0.3) is 0 Å². The van der Waals surface area contributed by atoms with Gasteiger partial charge in [-0.25, -0.2) is 29.2 Å². The zero-order valence-electron chi connectivity index (χ0n) is 17.4. The van der Waals surface area contributed by atoms with E-state index in [-0.39, 0.29) is 11.4 Å². The van der Waals surface area contributed by atoms with Crippen molar-refractivity contribution >= 4 is 41.6 Å². The van der Waals surface area contributed by atoms with Gasteiger partial charge >= 0.3 is 6.09 Å². The molecule has 0 unspecified atom stereocenters. The Morgan fingerprint density at radius 3 is 2.78 bits per heavy atom. The summed E-state index contributed by atoms with van der Waals surface area (Å²) < 4.78 is 13.8. The van der Waals surface area contributed by atoms with Crippen LogP contribution in [-0.2, 0) is 17.0 Å². The molecular weight excluding hydrogens is 457 g/mol. The summed E-state index contributed by atoms with van der Waals surface area (Å²) in [5.74, 6) is 1.16. The lowest BCUT2D eigenvalue weighted by molar-refractivity contribution is -0.119. The molecule has 2 atom stereocenters. The minimum atomic E-state index is -1.22. The third kappa shape index (κ3) is 4.53. The van der Waals surface area contributed by atoms with E-state index in [0.29, 0.717) is 43.3 Å². The Labute approximate surface area is 194 Å². The van der Waals surface area contributed by atoms with E-state index in [2.05, 4.69) is 21.8 Å². The first-order valence-corrected chi connectivity index (χ1v) is 11.7. The number of carbonyl (C=O) groups excluding carboxylic acids is 1. The fourth-order valence-corrected chi connectivity index (χ4v) is 5.35. The van der Waals surface area contributed by atoms with Crippen LogP contribution in [0.15, 0.2) is 24.5 Å². The van der Waals surface area contributed by atoms with E-state index < -0.39 is 18.0 Å². The van der Waals surface area contributed by atoms with Crippen LogP contribution in [0.3, 0.4) is 0 Å². The lowest BCUT2D eigenvalue weighted by atomic mass is 10.1. The summed E-state index contributed by atoms with van der Waals surface area (Å²) in [6.07, 6.45) is 0.996. The maximum Gasteiger partial charge on any atom is 0.422 e. The average Bonchev–Trinajstić information content (AvgIpc) is 3.17. The van der Waals surface area contributed by atoms with E-state index in [4.69, 9.17) is 11.6 Å². The second kappa shape index (κ2) is 9.60. The molecule has 2 aliphatic heterocycles. The standard InChI is InChI=1S/C21H23ClFN5O3S/c1-13-19-18(11-32-13)24-12-25-20(19)26-4-6-27(7-5-26)28(21(30)31)15(10-29)8-14-2-3-16(22)17(23)9-14/h2-3,9-10,12-13,15H,4-8,11H2,1H3,(H,30,31)/t13-,15-/m1/s1. The van der Waals surface area contributed by atoms with Crippen LogP contribution in [0.1, 0.15) is 29.0 Å². The van der Waals surface area contributed by atoms with Crippen LogP contribution in [0.5, 0.6) is 0 Å². The van der Waals surface area contributed by atoms with E-state index in [9.17, 15) is 19.1 Å². The molecule has 1 aromatic carbocycles. The van der Waals surface area contributed by atoms with Gasteiger partial charge in [-0.3, -0.25) is 0 Å². The minimum Gasteiger partial charge on any atom is -0.464 e. The predicted molar refractivity (Wildman–Crippen MR) is 120 cm³/mol. The molecule has 0 radical (unpaired) electrons. The molecule has 32 heavy (non-hydrogen) atoms. The largest absolute Gasteiger partial charge is 0.464 e. The Hall–Kier alpha value is -2.43. The summed E-state index contributed by atoms with van der Waals surface area (Å²) in [7, 11) is 0. The summed E-state index contributed by atoms with van der Waals surface area (Å²) >= 11 is 7.55.